The molecule has 18 heavy (non-hydrogen) atoms. The van der Waals surface area contributed by atoms with Crippen LogP contribution in [0, 0.1) is 5.82 Å². The molecule has 0 aliphatic carbocycles. The zero-order valence-electron chi connectivity index (χ0n) is 9.60. The molecule has 1 amide bonds. The fraction of sp³-hybridized carbons (Fsp3) is 0.333. The van der Waals surface area contributed by atoms with E-state index in [1.807, 2.05) is 0 Å². The van der Waals surface area contributed by atoms with Crippen molar-refractivity contribution in [3.8, 4) is 0 Å². The van der Waals surface area contributed by atoms with E-state index in [9.17, 15) is 14.0 Å². The van der Waals surface area contributed by atoms with E-state index in [2.05, 4.69) is 0 Å². The second-order valence-electron chi connectivity index (χ2n) is 4.22. The number of nitrogens with two attached hydrogens (primary N) is 1. The lowest BCUT2D eigenvalue weighted by Crippen LogP contribution is -2.41. The van der Waals surface area contributed by atoms with E-state index in [-0.39, 0.29) is 5.56 Å². The van der Waals surface area contributed by atoms with Crippen molar-refractivity contribution in [2.45, 2.75) is 18.9 Å². The predicted molar refractivity (Wildman–Crippen MR) is 62.9 cm³/mol. The Morgan fingerprint density at radius 3 is 2.78 bits per heavy atom. The number of primary amides is 1. The number of carbonyl (C=O) groups is 2. The van der Waals surface area contributed by atoms with E-state index >= 15 is 0 Å². The number of aromatic carboxylic acids is 1. The number of anilines is 1. The number of hydrogen-bond donors (Lipinski definition) is 2. The zero-order valence-corrected chi connectivity index (χ0v) is 9.60. The Labute approximate surface area is 103 Å². The highest BCUT2D eigenvalue weighted by Crippen LogP contribution is 2.29. The van der Waals surface area contributed by atoms with Crippen LogP contribution in [-0.2, 0) is 4.79 Å². The molecule has 1 fully saturated rings. The number of carboxylic acid groups (broad SMARTS) is 1. The number of nitrogens with zero attached hydrogens (tertiary/aromatic N) is 1. The van der Waals surface area contributed by atoms with E-state index < -0.39 is 23.7 Å². The third kappa shape index (κ3) is 2.13. The number of carboxylic acids is 1. The van der Waals surface area contributed by atoms with Gasteiger partial charge in [0.05, 0.1) is 11.3 Å². The van der Waals surface area contributed by atoms with Crippen LogP contribution >= 0.6 is 0 Å². The van der Waals surface area contributed by atoms with Gasteiger partial charge in [0.1, 0.15) is 11.9 Å². The lowest BCUT2D eigenvalue weighted by atomic mass is 10.1. The van der Waals surface area contributed by atoms with E-state index in [4.69, 9.17) is 10.8 Å². The Kier molecular flexibility index (Phi) is 3.18. The monoisotopic (exact) mass is 252 g/mol. The third-order valence-corrected chi connectivity index (χ3v) is 3.08. The van der Waals surface area contributed by atoms with E-state index in [1.165, 1.54) is 12.1 Å². The molecule has 96 valence electrons. The van der Waals surface area contributed by atoms with Gasteiger partial charge in [0.2, 0.25) is 5.91 Å². The summed E-state index contributed by atoms with van der Waals surface area (Å²) < 4.78 is 13.1. The van der Waals surface area contributed by atoms with Crippen LogP contribution in [0.15, 0.2) is 18.2 Å². The summed E-state index contributed by atoms with van der Waals surface area (Å²) >= 11 is 0. The minimum Gasteiger partial charge on any atom is -0.478 e. The smallest absolute Gasteiger partial charge is 0.337 e. The molecular weight excluding hydrogens is 239 g/mol. The van der Waals surface area contributed by atoms with Crippen molar-refractivity contribution in [3.63, 3.8) is 0 Å². The second-order valence-corrected chi connectivity index (χ2v) is 4.22. The summed E-state index contributed by atoms with van der Waals surface area (Å²) in [5.41, 5.74) is 5.47. The Bertz CT molecular complexity index is 504. The number of hydrogen-bond acceptors (Lipinski definition) is 3. The summed E-state index contributed by atoms with van der Waals surface area (Å²) in [6, 6.07) is 2.99. The van der Waals surface area contributed by atoms with Gasteiger partial charge in [-0.25, -0.2) is 9.18 Å². The summed E-state index contributed by atoms with van der Waals surface area (Å²) in [5.74, 6) is -2.33. The first kappa shape index (κ1) is 12.3. The van der Waals surface area contributed by atoms with Crippen LogP contribution < -0.4 is 10.6 Å². The van der Waals surface area contributed by atoms with Gasteiger partial charge in [0.25, 0.3) is 0 Å². The quantitative estimate of drug-likeness (QED) is 0.839. The Hall–Kier alpha value is -2.11. The van der Waals surface area contributed by atoms with Crippen LogP contribution in [0.25, 0.3) is 0 Å². The van der Waals surface area contributed by atoms with Crippen LogP contribution in [0.5, 0.6) is 0 Å². The van der Waals surface area contributed by atoms with Crippen LogP contribution in [0.4, 0.5) is 10.1 Å². The molecule has 1 aliphatic heterocycles. The van der Waals surface area contributed by atoms with E-state index in [0.29, 0.717) is 18.7 Å². The summed E-state index contributed by atoms with van der Waals surface area (Å²) in [6.45, 7) is 0.541. The van der Waals surface area contributed by atoms with Gasteiger partial charge < -0.3 is 15.7 Å². The fourth-order valence-corrected chi connectivity index (χ4v) is 2.28. The van der Waals surface area contributed by atoms with Crippen LogP contribution in [0.3, 0.4) is 0 Å². The molecule has 0 spiro atoms. The molecule has 1 unspecified atom stereocenters. The van der Waals surface area contributed by atoms with Gasteiger partial charge in [-0.2, -0.15) is 0 Å². The van der Waals surface area contributed by atoms with Crippen molar-refractivity contribution in [1.29, 1.82) is 0 Å². The first-order valence-corrected chi connectivity index (χ1v) is 5.59. The van der Waals surface area contributed by atoms with Crippen LogP contribution in [0.2, 0.25) is 0 Å². The lowest BCUT2D eigenvalue weighted by molar-refractivity contribution is -0.119. The molecule has 2 rings (SSSR count). The van der Waals surface area contributed by atoms with Gasteiger partial charge in [-0.15, -0.1) is 0 Å². The molecule has 0 bridgehead atoms. The van der Waals surface area contributed by atoms with Crippen molar-refractivity contribution in [2.75, 3.05) is 11.4 Å². The molecule has 6 heteroatoms. The Morgan fingerprint density at radius 1 is 1.44 bits per heavy atom. The zero-order chi connectivity index (χ0) is 13.3. The normalized spacial score (nSPS) is 18.9. The molecule has 0 aromatic heterocycles. The predicted octanol–water partition coefficient (Wildman–Crippen LogP) is 0.978. The Balaban J connectivity index is 2.44. The lowest BCUT2D eigenvalue weighted by Gasteiger charge is -2.25. The highest BCUT2D eigenvalue weighted by atomic mass is 19.1. The molecule has 1 atom stereocenters. The maximum Gasteiger partial charge on any atom is 0.337 e. The number of benzene rings is 1. The maximum atomic E-state index is 13.1. The minimum atomic E-state index is -1.22. The SMILES string of the molecule is NC(=O)C1CCCN1c1ccc(F)cc1C(=O)O. The largest absolute Gasteiger partial charge is 0.478 e. The van der Waals surface area contributed by atoms with E-state index in [0.717, 1.165) is 12.5 Å². The van der Waals surface area contributed by atoms with Gasteiger partial charge in [-0.05, 0) is 31.0 Å². The molecule has 3 N–H and O–H groups in total. The average molecular weight is 252 g/mol. The fourth-order valence-electron chi connectivity index (χ4n) is 2.28. The van der Waals surface area contributed by atoms with Gasteiger partial charge in [-0.1, -0.05) is 0 Å². The van der Waals surface area contributed by atoms with Crippen molar-refractivity contribution in [2.24, 2.45) is 5.73 Å². The highest BCUT2D eigenvalue weighted by Gasteiger charge is 2.31. The standard InChI is InChI=1S/C12H13FN2O3/c13-7-3-4-9(8(6-7)12(17)18)15-5-1-2-10(15)11(14)16/h3-4,6,10H,1-2,5H2,(H2,14,16)(H,17,18). The van der Waals surface area contributed by atoms with Crippen molar-refractivity contribution < 1.29 is 19.1 Å². The molecule has 1 aliphatic rings. The molecule has 0 saturated carbocycles. The first-order valence-electron chi connectivity index (χ1n) is 5.59. The number of amides is 1. The summed E-state index contributed by atoms with van der Waals surface area (Å²) in [4.78, 5) is 24.0. The molecule has 1 aromatic carbocycles. The van der Waals surface area contributed by atoms with Gasteiger partial charge in [0, 0.05) is 6.54 Å². The molecular formula is C12H13FN2O3. The van der Waals surface area contributed by atoms with Crippen LogP contribution in [0.1, 0.15) is 23.2 Å². The molecule has 5 nitrogen and oxygen atoms in total. The maximum absolute atomic E-state index is 13.1. The number of halogens is 1. The summed E-state index contributed by atoms with van der Waals surface area (Å²) in [5, 5.41) is 9.07. The summed E-state index contributed by atoms with van der Waals surface area (Å²) in [7, 11) is 0. The molecule has 1 saturated heterocycles. The van der Waals surface area contributed by atoms with Crippen molar-refractivity contribution >= 4 is 17.6 Å². The minimum absolute atomic E-state index is 0.150. The van der Waals surface area contributed by atoms with Gasteiger partial charge in [-0.3, -0.25) is 4.79 Å². The number of rotatable bonds is 3. The highest BCUT2D eigenvalue weighted by molar-refractivity contribution is 5.96. The molecule has 1 aromatic rings. The van der Waals surface area contributed by atoms with Gasteiger partial charge >= 0.3 is 5.97 Å². The number of carbonyl (C=O) groups excluding carboxylic acids is 1. The molecule has 1 heterocycles. The average Bonchev–Trinajstić information content (AvgIpc) is 2.77. The van der Waals surface area contributed by atoms with Crippen molar-refractivity contribution in [1.82, 2.24) is 0 Å². The summed E-state index contributed by atoms with van der Waals surface area (Å²) in [6.07, 6.45) is 1.34. The van der Waals surface area contributed by atoms with Crippen molar-refractivity contribution in [3.05, 3.63) is 29.6 Å². The third-order valence-electron chi connectivity index (χ3n) is 3.08. The van der Waals surface area contributed by atoms with Crippen LogP contribution in [-0.4, -0.2) is 29.6 Å². The first-order chi connectivity index (χ1) is 8.50. The topological polar surface area (TPSA) is 83.6 Å². The van der Waals surface area contributed by atoms with E-state index in [1.54, 1.807) is 4.90 Å². The Morgan fingerprint density at radius 2 is 2.17 bits per heavy atom. The van der Waals surface area contributed by atoms with Gasteiger partial charge in [0.15, 0.2) is 0 Å². The second kappa shape index (κ2) is 4.64. The molecule has 0 radical (unpaired) electrons.